The van der Waals surface area contributed by atoms with Crippen molar-refractivity contribution in [3.8, 4) is 0 Å². The minimum Gasteiger partial charge on any atom is -0.341 e. The van der Waals surface area contributed by atoms with E-state index in [1.807, 2.05) is 11.5 Å². The number of sulfone groups is 1. The van der Waals surface area contributed by atoms with Crippen LogP contribution in [0.2, 0.25) is 0 Å². The Morgan fingerprint density at radius 1 is 1.43 bits per heavy atom. The molecule has 2 aromatic rings. The van der Waals surface area contributed by atoms with E-state index < -0.39 is 19.9 Å². The Balaban J connectivity index is 1.77. The number of nitrogens with two attached hydrogens (primary N) is 1. The largest absolute Gasteiger partial charge is 0.341 e. The lowest BCUT2D eigenvalue weighted by Crippen LogP contribution is -2.38. The van der Waals surface area contributed by atoms with Gasteiger partial charge in [0.05, 0.1) is 33.2 Å². The van der Waals surface area contributed by atoms with Crippen LogP contribution in [0.5, 0.6) is 0 Å². The number of carbonyl (C=O) groups excluding carboxylic acids is 1. The van der Waals surface area contributed by atoms with E-state index in [4.69, 9.17) is 5.14 Å². The molecule has 1 fully saturated rings. The summed E-state index contributed by atoms with van der Waals surface area (Å²) in [6.07, 6.45) is 0.457. The molecule has 1 amide bonds. The van der Waals surface area contributed by atoms with Crippen LogP contribution in [0.25, 0.3) is 11.0 Å². The molecule has 0 bridgehead atoms. The van der Waals surface area contributed by atoms with E-state index in [0.29, 0.717) is 23.6 Å². The molecule has 9 nitrogen and oxygen atoms in total. The highest BCUT2D eigenvalue weighted by atomic mass is 32.2. The second kappa shape index (κ2) is 7.65. The van der Waals surface area contributed by atoms with Gasteiger partial charge in [-0.25, -0.2) is 27.0 Å². The van der Waals surface area contributed by atoms with E-state index in [1.54, 1.807) is 13.1 Å². The number of nitrogens with zero attached hydrogens (tertiary/aromatic N) is 3. The molecule has 0 radical (unpaired) electrons. The van der Waals surface area contributed by atoms with Gasteiger partial charge in [-0.15, -0.1) is 0 Å². The number of aryl methyl sites for hydroxylation is 1. The highest BCUT2D eigenvalue weighted by Crippen LogP contribution is 2.26. The second-order valence-electron chi connectivity index (χ2n) is 6.68. The number of hydrogen-bond acceptors (Lipinski definition) is 7. The number of sulfonamides is 1. The first kappa shape index (κ1) is 21.1. The summed E-state index contributed by atoms with van der Waals surface area (Å²) in [5.41, 5.74) is 1.23. The van der Waals surface area contributed by atoms with Crippen LogP contribution in [-0.2, 0) is 31.2 Å². The maximum atomic E-state index is 12.5. The fourth-order valence-corrected chi connectivity index (χ4v) is 6.50. The van der Waals surface area contributed by atoms with Crippen molar-refractivity contribution in [2.45, 2.75) is 36.0 Å². The average Bonchev–Trinajstić information content (AvgIpc) is 3.16. The number of rotatable bonds is 6. The quantitative estimate of drug-likeness (QED) is 0.637. The van der Waals surface area contributed by atoms with Crippen LogP contribution in [0.4, 0.5) is 0 Å². The Labute approximate surface area is 168 Å². The first-order valence-electron chi connectivity index (χ1n) is 8.64. The van der Waals surface area contributed by atoms with Gasteiger partial charge < -0.3 is 9.47 Å². The maximum absolute atomic E-state index is 12.5. The number of aromatic nitrogens is 2. The van der Waals surface area contributed by atoms with Gasteiger partial charge in [-0.3, -0.25) is 4.79 Å². The van der Waals surface area contributed by atoms with Crippen molar-refractivity contribution < 1.29 is 21.6 Å². The van der Waals surface area contributed by atoms with E-state index in [1.165, 1.54) is 28.8 Å². The SMILES string of the molecule is CCn1c(SCC(=O)N(C)[C@H]2CCS(=O)(=O)C2)nc2cc(S(N)(=O)=O)ccc21. The van der Waals surface area contributed by atoms with Crippen LogP contribution in [0.15, 0.2) is 28.3 Å². The number of carbonyl (C=O) groups is 1. The van der Waals surface area contributed by atoms with E-state index in [0.717, 1.165) is 5.52 Å². The van der Waals surface area contributed by atoms with E-state index >= 15 is 0 Å². The minimum absolute atomic E-state index is 0.00369. The number of imidazole rings is 1. The van der Waals surface area contributed by atoms with Gasteiger partial charge in [0, 0.05) is 19.6 Å². The molecule has 1 aliphatic heterocycles. The molecule has 0 saturated carbocycles. The first-order chi connectivity index (χ1) is 13.0. The lowest BCUT2D eigenvalue weighted by Gasteiger charge is -2.23. The summed E-state index contributed by atoms with van der Waals surface area (Å²) < 4.78 is 48.2. The monoisotopic (exact) mass is 446 g/mol. The normalized spacial score (nSPS) is 19.2. The Bertz CT molecular complexity index is 1120. The van der Waals surface area contributed by atoms with E-state index in [-0.39, 0.29) is 34.1 Å². The van der Waals surface area contributed by atoms with Crippen molar-refractivity contribution in [3.63, 3.8) is 0 Å². The molecule has 1 saturated heterocycles. The molecule has 1 aliphatic rings. The number of primary sulfonamides is 1. The maximum Gasteiger partial charge on any atom is 0.238 e. The Hall–Kier alpha value is -1.63. The fraction of sp³-hybridized carbons (Fsp3) is 0.500. The zero-order valence-electron chi connectivity index (χ0n) is 15.5. The summed E-state index contributed by atoms with van der Waals surface area (Å²) in [6, 6.07) is 4.20. The number of thioether (sulfide) groups is 1. The molecule has 0 aliphatic carbocycles. The lowest BCUT2D eigenvalue weighted by atomic mass is 10.2. The third kappa shape index (κ3) is 4.34. The smallest absolute Gasteiger partial charge is 0.238 e. The van der Waals surface area contributed by atoms with Gasteiger partial charge in [0.15, 0.2) is 15.0 Å². The third-order valence-corrected chi connectivity index (χ3v) is 8.43. The average molecular weight is 447 g/mol. The molecule has 2 heterocycles. The molecule has 154 valence electrons. The molecule has 0 unspecified atom stereocenters. The Morgan fingerprint density at radius 3 is 2.71 bits per heavy atom. The van der Waals surface area contributed by atoms with Crippen LogP contribution in [0.1, 0.15) is 13.3 Å². The summed E-state index contributed by atoms with van der Waals surface area (Å²) in [5, 5.41) is 5.76. The molecule has 1 aromatic carbocycles. The van der Waals surface area contributed by atoms with Gasteiger partial charge in [-0.2, -0.15) is 0 Å². The predicted molar refractivity (Wildman–Crippen MR) is 107 cm³/mol. The number of hydrogen-bond donors (Lipinski definition) is 1. The summed E-state index contributed by atoms with van der Waals surface area (Å²) in [6.45, 7) is 2.52. The standard InChI is InChI=1S/C16H22N4O5S3/c1-3-20-14-5-4-12(28(17,24)25)8-13(14)18-16(20)26-9-15(21)19(2)11-6-7-27(22,23)10-11/h4-5,8,11H,3,6-7,9-10H2,1-2H3,(H2,17,24,25)/t11-/m0/s1. The molecule has 2 N–H and O–H groups in total. The highest BCUT2D eigenvalue weighted by Gasteiger charge is 2.32. The van der Waals surface area contributed by atoms with Crippen LogP contribution < -0.4 is 5.14 Å². The van der Waals surface area contributed by atoms with Gasteiger partial charge in [0.2, 0.25) is 15.9 Å². The Kier molecular flexibility index (Phi) is 5.76. The molecule has 1 aromatic heterocycles. The van der Waals surface area contributed by atoms with E-state index in [2.05, 4.69) is 4.98 Å². The summed E-state index contributed by atoms with van der Waals surface area (Å²) in [7, 11) is -5.27. The zero-order chi connectivity index (χ0) is 20.7. The van der Waals surface area contributed by atoms with Gasteiger partial charge in [0.25, 0.3) is 0 Å². The van der Waals surface area contributed by atoms with Crippen LogP contribution in [-0.4, -0.2) is 67.5 Å². The molecule has 0 spiro atoms. The zero-order valence-corrected chi connectivity index (χ0v) is 18.0. The van der Waals surface area contributed by atoms with Gasteiger partial charge in [0.1, 0.15) is 0 Å². The molecule has 28 heavy (non-hydrogen) atoms. The molecular weight excluding hydrogens is 424 g/mol. The van der Waals surface area contributed by atoms with Crippen molar-refractivity contribution in [1.29, 1.82) is 0 Å². The topological polar surface area (TPSA) is 132 Å². The Morgan fingerprint density at radius 2 is 2.14 bits per heavy atom. The lowest BCUT2D eigenvalue weighted by molar-refractivity contribution is -0.128. The fourth-order valence-electron chi connectivity index (χ4n) is 3.19. The first-order valence-corrected chi connectivity index (χ1v) is 13.0. The summed E-state index contributed by atoms with van der Waals surface area (Å²) >= 11 is 1.24. The van der Waals surface area contributed by atoms with Gasteiger partial charge in [-0.1, -0.05) is 11.8 Å². The second-order valence-corrected chi connectivity index (χ2v) is 11.4. The van der Waals surface area contributed by atoms with Crippen molar-refractivity contribution in [3.05, 3.63) is 18.2 Å². The van der Waals surface area contributed by atoms with Crippen LogP contribution in [0, 0.1) is 0 Å². The van der Waals surface area contributed by atoms with Crippen LogP contribution in [0.3, 0.4) is 0 Å². The molecule has 3 rings (SSSR count). The van der Waals surface area contributed by atoms with E-state index in [9.17, 15) is 21.6 Å². The predicted octanol–water partition coefficient (Wildman–Crippen LogP) is 0.441. The third-order valence-electron chi connectivity index (χ3n) is 4.80. The molecular formula is C16H22N4O5S3. The summed E-state index contributed by atoms with van der Waals surface area (Å²) in [5.74, 6) is 0.0507. The summed E-state index contributed by atoms with van der Waals surface area (Å²) in [4.78, 5) is 18.4. The van der Waals surface area contributed by atoms with Crippen LogP contribution >= 0.6 is 11.8 Å². The number of fused-ring (bicyclic) bond motifs is 1. The number of benzene rings is 1. The minimum atomic E-state index is -3.83. The van der Waals surface area contributed by atoms with Crippen molar-refractivity contribution >= 4 is 48.6 Å². The van der Waals surface area contributed by atoms with Crippen molar-refractivity contribution in [1.82, 2.24) is 14.5 Å². The number of amides is 1. The van der Waals surface area contributed by atoms with Crippen molar-refractivity contribution in [2.24, 2.45) is 5.14 Å². The molecule has 12 heteroatoms. The van der Waals surface area contributed by atoms with Gasteiger partial charge in [-0.05, 0) is 31.5 Å². The highest BCUT2D eigenvalue weighted by molar-refractivity contribution is 7.99. The van der Waals surface area contributed by atoms with Crippen molar-refractivity contribution in [2.75, 3.05) is 24.3 Å². The molecule has 1 atom stereocenters. The van der Waals surface area contributed by atoms with Gasteiger partial charge >= 0.3 is 0 Å².